The summed E-state index contributed by atoms with van der Waals surface area (Å²) in [5, 5.41) is 0. The second kappa shape index (κ2) is 13.3. The first-order chi connectivity index (χ1) is 11.3. The fourth-order valence-electron chi connectivity index (χ4n) is 3.05. The van der Waals surface area contributed by atoms with Crippen molar-refractivity contribution in [3.63, 3.8) is 0 Å². The van der Waals surface area contributed by atoms with Gasteiger partial charge in [-0.3, -0.25) is 0 Å². The molecule has 0 aliphatic carbocycles. The molecule has 0 aliphatic heterocycles. The normalized spacial score (nSPS) is 11.0. The van der Waals surface area contributed by atoms with Crippen LogP contribution in [-0.4, -0.2) is 9.97 Å². The molecule has 0 saturated heterocycles. The van der Waals surface area contributed by atoms with Crippen molar-refractivity contribution < 1.29 is 0 Å². The largest absolute Gasteiger partial charge is 0.368 e. The van der Waals surface area contributed by atoms with Gasteiger partial charge in [0.1, 0.15) is 0 Å². The van der Waals surface area contributed by atoms with Gasteiger partial charge in [-0.25, -0.2) is 9.97 Å². The van der Waals surface area contributed by atoms with E-state index in [0.717, 1.165) is 12.8 Å². The predicted octanol–water partition coefficient (Wildman–Crippen LogP) is 5.86. The Morgan fingerprint density at radius 2 is 1.26 bits per heavy atom. The van der Waals surface area contributed by atoms with Crippen molar-refractivity contribution in [3.05, 3.63) is 17.5 Å². The quantitative estimate of drug-likeness (QED) is 0.437. The average molecular weight is 320 g/mol. The Balaban J connectivity index is 2.31. The van der Waals surface area contributed by atoms with Crippen molar-refractivity contribution in [2.24, 2.45) is 0 Å². The summed E-state index contributed by atoms with van der Waals surface area (Å²) in [6.45, 7) is 4.53. The molecular weight excluding hydrogens is 282 g/mol. The van der Waals surface area contributed by atoms with Gasteiger partial charge in [0, 0.05) is 11.9 Å². The van der Waals surface area contributed by atoms with E-state index in [4.69, 9.17) is 5.73 Å². The third-order valence-corrected chi connectivity index (χ3v) is 4.54. The van der Waals surface area contributed by atoms with E-state index in [2.05, 4.69) is 23.8 Å². The van der Waals surface area contributed by atoms with Crippen molar-refractivity contribution in [3.8, 4) is 0 Å². The van der Waals surface area contributed by atoms with Crippen molar-refractivity contribution >= 4 is 5.95 Å². The van der Waals surface area contributed by atoms with E-state index in [-0.39, 0.29) is 0 Å². The molecule has 1 aromatic rings. The van der Waals surface area contributed by atoms with Gasteiger partial charge in [-0.1, -0.05) is 78.1 Å². The molecule has 0 aromatic carbocycles. The molecule has 132 valence electrons. The molecular formula is C20H37N3. The minimum absolute atomic E-state index is 0.428. The van der Waals surface area contributed by atoms with Crippen LogP contribution in [-0.2, 0) is 12.8 Å². The van der Waals surface area contributed by atoms with Crippen LogP contribution >= 0.6 is 0 Å². The summed E-state index contributed by atoms with van der Waals surface area (Å²) in [6.07, 6.45) is 20.0. The lowest BCUT2D eigenvalue weighted by atomic mass is 10.0. The molecule has 0 bridgehead atoms. The Morgan fingerprint density at radius 3 is 1.87 bits per heavy atom. The summed E-state index contributed by atoms with van der Waals surface area (Å²) in [5.74, 6) is 0.428. The lowest BCUT2D eigenvalue weighted by Crippen LogP contribution is -2.04. The maximum absolute atomic E-state index is 5.78. The first kappa shape index (κ1) is 19.9. The number of hydrogen-bond donors (Lipinski definition) is 1. The zero-order valence-corrected chi connectivity index (χ0v) is 15.4. The number of aromatic nitrogens is 2. The Morgan fingerprint density at radius 1 is 0.739 bits per heavy atom. The Hall–Kier alpha value is -1.12. The van der Waals surface area contributed by atoms with Gasteiger partial charge in [0.2, 0.25) is 5.95 Å². The van der Waals surface area contributed by atoms with Crippen LogP contribution in [0.4, 0.5) is 5.95 Å². The standard InChI is InChI=1S/C20H37N3/c1-3-5-7-9-11-13-15-18-17-22-20(21)23-19(18)16-14-12-10-8-6-4-2/h17H,3-16H2,1-2H3,(H2,21,22,23). The smallest absolute Gasteiger partial charge is 0.220 e. The predicted molar refractivity (Wildman–Crippen MR) is 101 cm³/mol. The van der Waals surface area contributed by atoms with Gasteiger partial charge < -0.3 is 5.73 Å². The second-order valence-electron chi connectivity index (χ2n) is 6.74. The van der Waals surface area contributed by atoms with Crippen LogP contribution in [0.3, 0.4) is 0 Å². The summed E-state index contributed by atoms with van der Waals surface area (Å²) in [7, 11) is 0. The van der Waals surface area contributed by atoms with Crippen LogP contribution in [0, 0.1) is 0 Å². The van der Waals surface area contributed by atoms with Gasteiger partial charge in [-0.2, -0.15) is 0 Å². The van der Waals surface area contributed by atoms with Crippen molar-refractivity contribution in [2.45, 2.75) is 104 Å². The van der Waals surface area contributed by atoms with Crippen molar-refractivity contribution in [1.82, 2.24) is 9.97 Å². The summed E-state index contributed by atoms with van der Waals surface area (Å²) < 4.78 is 0. The molecule has 2 N–H and O–H groups in total. The number of nitrogens with zero attached hydrogens (tertiary/aromatic N) is 2. The molecule has 0 aliphatic rings. The van der Waals surface area contributed by atoms with E-state index in [1.54, 1.807) is 0 Å². The molecule has 0 saturated carbocycles. The van der Waals surface area contributed by atoms with E-state index in [1.165, 1.54) is 88.3 Å². The summed E-state index contributed by atoms with van der Waals surface area (Å²) in [6, 6.07) is 0. The lowest BCUT2D eigenvalue weighted by molar-refractivity contribution is 0.595. The maximum Gasteiger partial charge on any atom is 0.220 e. The van der Waals surface area contributed by atoms with Crippen LogP contribution in [0.15, 0.2) is 6.20 Å². The molecule has 0 amide bonds. The monoisotopic (exact) mass is 319 g/mol. The van der Waals surface area contributed by atoms with Crippen molar-refractivity contribution in [2.75, 3.05) is 5.73 Å². The number of nitrogens with two attached hydrogens (primary N) is 1. The number of nitrogen functional groups attached to an aromatic ring is 1. The Labute approximate surface area is 143 Å². The fourth-order valence-corrected chi connectivity index (χ4v) is 3.05. The van der Waals surface area contributed by atoms with E-state index in [0.29, 0.717) is 5.95 Å². The van der Waals surface area contributed by atoms with Gasteiger partial charge in [-0.05, 0) is 31.2 Å². The number of aryl methyl sites for hydroxylation is 2. The molecule has 0 atom stereocenters. The fraction of sp³-hybridized carbons (Fsp3) is 0.800. The highest BCUT2D eigenvalue weighted by Gasteiger charge is 2.06. The summed E-state index contributed by atoms with van der Waals surface area (Å²) in [4.78, 5) is 8.71. The highest BCUT2D eigenvalue weighted by atomic mass is 15.0. The first-order valence-corrected chi connectivity index (χ1v) is 9.88. The SMILES string of the molecule is CCCCCCCCc1cnc(N)nc1CCCCCCCC. The summed E-state index contributed by atoms with van der Waals surface area (Å²) in [5.41, 5.74) is 8.30. The third kappa shape index (κ3) is 9.58. The molecule has 3 heteroatoms. The van der Waals surface area contributed by atoms with Crippen LogP contribution in [0.5, 0.6) is 0 Å². The number of unbranched alkanes of at least 4 members (excludes halogenated alkanes) is 10. The van der Waals surface area contributed by atoms with E-state index >= 15 is 0 Å². The topological polar surface area (TPSA) is 51.8 Å². The molecule has 3 nitrogen and oxygen atoms in total. The average Bonchev–Trinajstić information content (AvgIpc) is 2.55. The van der Waals surface area contributed by atoms with E-state index in [1.807, 2.05) is 6.20 Å². The minimum Gasteiger partial charge on any atom is -0.368 e. The molecule has 0 fully saturated rings. The number of anilines is 1. The molecule has 23 heavy (non-hydrogen) atoms. The molecule has 1 rings (SSSR count). The lowest BCUT2D eigenvalue weighted by Gasteiger charge is -2.09. The van der Waals surface area contributed by atoms with E-state index < -0.39 is 0 Å². The van der Waals surface area contributed by atoms with E-state index in [9.17, 15) is 0 Å². The van der Waals surface area contributed by atoms with Crippen LogP contribution in [0.25, 0.3) is 0 Å². The molecule has 0 unspecified atom stereocenters. The molecule has 1 aromatic heterocycles. The molecule has 1 heterocycles. The van der Waals surface area contributed by atoms with Gasteiger partial charge in [0.05, 0.1) is 0 Å². The molecule has 0 radical (unpaired) electrons. The van der Waals surface area contributed by atoms with Crippen molar-refractivity contribution in [1.29, 1.82) is 0 Å². The maximum atomic E-state index is 5.78. The highest BCUT2D eigenvalue weighted by Crippen LogP contribution is 2.16. The number of hydrogen-bond acceptors (Lipinski definition) is 3. The van der Waals surface area contributed by atoms with Gasteiger partial charge >= 0.3 is 0 Å². The Bertz CT molecular complexity index is 404. The van der Waals surface area contributed by atoms with Gasteiger partial charge in [0.25, 0.3) is 0 Å². The zero-order chi connectivity index (χ0) is 16.8. The minimum atomic E-state index is 0.428. The number of rotatable bonds is 14. The van der Waals surface area contributed by atoms with Crippen LogP contribution in [0.1, 0.15) is 102 Å². The molecule has 0 spiro atoms. The third-order valence-electron chi connectivity index (χ3n) is 4.54. The second-order valence-corrected chi connectivity index (χ2v) is 6.74. The van der Waals surface area contributed by atoms with Crippen LogP contribution in [0.2, 0.25) is 0 Å². The zero-order valence-electron chi connectivity index (χ0n) is 15.4. The highest BCUT2D eigenvalue weighted by molar-refractivity contribution is 5.25. The first-order valence-electron chi connectivity index (χ1n) is 9.88. The van der Waals surface area contributed by atoms with Crippen LogP contribution < -0.4 is 5.73 Å². The van der Waals surface area contributed by atoms with Gasteiger partial charge in [-0.15, -0.1) is 0 Å². The van der Waals surface area contributed by atoms with Gasteiger partial charge in [0.15, 0.2) is 0 Å². The Kier molecular flexibility index (Phi) is 11.5. The summed E-state index contributed by atoms with van der Waals surface area (Å²) >= 11 is 0.